The second kappa shape index (κ2) is 55.7. The molecule has 5 unspecified atom stereocenters. The number of unbranched alkanes of at least 4 members (excludes halogenated alkanes) is 26. The molecule has 1 fully saturated rings. The van der Waals surface area contributed by atoms with E-state index >= 15 is 0 Å². The Kier molecular flexibility index (Phi) is 61.6. The normalized spacial score (nSPS) is 14.7. The van der Waals surface area contributed by atoms with E-state index in [1.165, 1.54) is 286 Å². The standard InChI is InChI=1S/C26H53OP.C26H53P.2V/c1-3-5-7-9-10-11-12-13-17-21-28-22-18-14-16-20-25(23-26-24-27-26)19-15-8-6-4-2;1-4-7-9-11-12-13-14-15-19-24-27-25-20-16-18-23-26(21-6-3)22-17-10-8-5-2;;/h25-26,28H,3-24H2,1-2H3;6,26-27H,3-5,7-25H2,1-2H3;;. The molecule has 1 aliphatic rings. The predicted molar refractivity (Wildman–Crippen MR) is 261 cm³/mol. The van der Waals surface area contributed by atoms with Crippen molar-refractivity contribution in [3.05, 3.63) is 12.7 Å². The molecular weight excluding hydrogens is 804 g/mol. The Morgan fingerprint density at radius 1 is 0.421 bits per heavy atom. The van der Waals surface area contributed by atoms with Gasteiger partial charge >= 0.3 is 0 Å². The van der Waals surface area contributed by atoms with Gasteiger partial charge in [-0.15, -0.1) is 23.7 Å². The summed E-state index contributed by atoms with van der Waals surface area (Å²) in [6, 6.07) is 0. The summed E-state index contributed by atoms with van der Waals surface area (Å²) >= 11 is 0. The quantitative estimate of drug-likeness (QED) is 0.0257. The number of allylic oxidation sites excluding steroid dienone is 1. The molecule has 0 N–H and O–H groups in total. The zero-order chi connectivity index (χ0) is 40.0. The van der Waals surface area contributed by atoms with Gasteiger partial charge in [-0.25, -0.2) is 0 Å². The SMILES string of the molecule is C=CCC(CCCCCC)CCCCCPCCCCCCCCCCC.CCCCCCCCCCCPCCCCCC(CCCCCC)CC1CO1.[V].[V]. The van der Waals surface area contributed by atoms with Crippen molar-refractivity contribution < 1.29 is 41.8 Å². The van der Waals surface area contributed by atoms with Gasteiger partial charge in [0.25, 0.3) is 0 Å². The number of rotatable bonds is 46. The maximum Gasteiger partial charge on any atom is 0.0812 e. The van der Waals surface area contributed by atoms with Crippen LogP contribution in [0, 0.1) is 11.8 Å². The van der Waals surface area contributed by atoms with Gasteiger partial charge in [0.2, 0.25) is 0 Å². The van der Waals surface area contributed by atoms with Crippen LogP contribution in [-0.4, -0.2) is 37.4 Å². The fraction of sp³-hybridized carbons (Fsp3) is 0.962. The Morgan fingerprint density at radius 2 is 0.684 bits per heavy atom. The van der Waals surface area contributed by atoms with E-state index in [1.54, 1.807) is 0 Å². The smallest absolute Gasteiger partial charge is 0.0812 e. The first-order valence-corrected chi connectivity index (χ1v) is 28.7. The molecule has 1 rings (SSSR count). The van der Waals surface area contributed by atoms with Crippen LogP contribution in [0.3, 0.4) is 0 Å². The Balaban J connectivity index is -0.000000989. The third-order valence-corrected chi connectivity index (χ3v) is 15.1. The van der Waals surface area contributed by atoms with Gasteiger partial charge in [0.1, 0.15) is 0 Å². The van der Waals surface area contributed by atoms with Crippen molar-refractivity contribution >= 4 is 17.2 Å². The monoisotopic (exact) mass is 911 g/mol. The summed E-state index contributed by atoms with van der Waals surface area (Å²) in [7, 11) is 2.47. The Hall–Kier alpha value is 1.73. The van der Waals surface area contributed by atoms with Crippen LogP contribution in [0.25, 0.3) is 0 Å². The topological polar surface area (TPSA) is 12.5 Å². The van der Waals surface area contributed by atoms with Crippen molar-refractivity contribution in [1.82, 2.24) is 0 Å². The minimum atomic E-state index is 0. The molecule has 0 aliphatic carbocycles. The third kappa shape index (κ3) is 53.8. The van der Waals surface area contributed by atoms with Crippen molar-refractivity contribution in [3.63, 3.8) is 0 Å². The van der Waals surface area contributed by atoms with Crippen LogP contribution >= 0.6 is 17.2 Å². The fourth-order valence-corrected chi connectivity index (χ4v) is 10.9. The molecule has 340 valence electrons. The minimum absolute atomic E-state index is 0. The van der Waals surface area contributed by atoms with Crippen LogP contribution in [0.15, 0.2) is 12.7 Å². The van der Waals surface area contributed by atoms with Crippen LogP contribution in [-0.2, 0) is 41.8 Å². The Labute approximate surface area is 390 Å². The fourth-order valence-electron chi connectivity index (χ4n) is 8.38. The summed E-state index contributed by atoms with van der Waals surface area (Å²) in [5.74, 6) is 1.87. The van der Waals surface area contributed by atoms with E-state index in [9.17, 15) is 0 Å². The van der Waals surface area contributed by atoms with Crippen LogP contribution < -0.4 is 0 Å². The van der Waals surface area contributed by atoms with Gasteiger partial charge < -0.3 is 4.74 Å². The van der Waals surface area contributed by atoms with E-state index in [1.807, 2.05) is 0 Å². The first-order valence-electron chi connectivity index (χ1n) is 25.8. The van der Waals surface area contributed by atoms with Gasteiger partial charge in [-0.3, -0.25) is 0 Å². The van der Waals surface area contributed by atoms with Gasteiger partial charge in [0.05, 0.1) is 12.7 Å². The summed E-state index contributed by atoms with van der Waals surface area (Å²) in [4.78, 5) is 0. The molecule has 2 radical (unpaired) electrons. The molecule has 0 bridgehead atoms. The zero-order valence-electron chi connectivity index (χ0n) is 39.7. The van der Waals surface area contributed by atoms with Gasteiger partial charge in [-0.1, -0.05) is 239 Å². The number of hydrogen-bond acceptors (Lipinski definition) is 1. The van der Waals surface area contributed by atoms with Crippen molar-refractivity contribution in [3.8, 4) is 0 Å². The van der Waals surface area contributed by atoms with Crippen molar-refractivity contribution in [1.29, 1.82) is 0 Å². The summed E-state index contributed by atoms with van der Waals surface area (Å²) in [5, 5.41) is 0. The molecule has 0 amide bonds. The van der Waals surface area contributed by atoms with Crippen LogP contribution in [0.4, 0.5) is 0 Å². The largest absolute Gasteiger partial charge is 0.373 e. The molecular formula is C52H106OP2V2. The molecule has 1 aliphatic heterocycles. The van der Waals surface area contributed by atoms with E-state index in [-0.39, 0.29) is 37.1 Å². The molecule has 1 saturated heterocycles. The first-order chi connectivity index (χ1) is 27.2. The summed E-state index contributed by atoms with van der Waals surface area (Å²) < 4.78 is 5.50. The van der Waals surface area contributed by atoms with Crippen molar-refractivity contribution in [2.24, 2.45) is 11.8 Å². The van der Waals surface area contributed by atoms with Crippen LogP contribution in [0.5, 0.6) is 0 Å². The van der Waals surface area contributed by atoms with Gasteiger partial charge in [-0.2, -0.15) is 0 Å². The molecule has 1 nitrogen and oxygen atoms in total. The van der Waals surface area contributed by atoms with Crippen LogP contribution in [0.2, 0.25) is 0 Å². The Bertz CT molecular complexity index is 706. The number of hydrogen-bond donors (Lipinski definition) is 0. The van der Waals surface area contributed by atoms with Gasteiger partial charge in [0, 0.05) is 37.1 Å². The van der Waals surface area contributed by atoms with Crippen molar-refractivity contribution in [2.75, 3.05) is 31.3 Å². The van der Waals surface area contributed by atoms with E-state index in [4.69, 9.17) is 4.74 Å². The van der Waals surface area contributed by atoms with Crippen LogP contribution in [0.1, 0.15) is 272 Å². The number of ether oxygens (including phenoxy) is 1. The molecule has 57 heavy (non-hydrogen) atoms. The molecule has 0 aromatic rings. The Morgan fingerprint density at radius 3 is 0.982 bits per heavy atom. The maximum atomic E-state index is 5.50. The molecule has 0 saturated carbocycles. The predicted octanol–water partition coefficient (Wildman–Crippen LogP) is 19.0. The average molecular weight is 911 g/mol. The first kappa shape index (κ1) is 63.0. The second-order valence-corrected chi connectivity index (χ2v) is 21.0. The summed E-state index contributed by atoms with van der Waals surface area (Å²) in [6.45, 7) is 14.2. The van der Waals surface area contributed by atoms with Gasteiger partial charge in [0.15, 0.2) is 0 Å². The van der Waals surface area contributed by atoms with Crippen molar-refractivity contribution in [2.45, 2.75) is 278 Å². The molecule has 0 spiro atoms. The molecule has 0 aromatic carbocycles. The molecule has 5 atom stereocenters. The minimum Gasteiger partial charge on any atom is -0.373 e. The number of epoxide rings is 1. The summed E-state index contributed by atoms with van der Waals surface area (Å²) in [6.07, 6.45) is 63.7. The van der Waals surface area contributed by atoms with E-state index in [0.717, 1.165) is 18.4 Å². The summed E-state index contributed by atoms with van der Waals surface area (Å²) in [5.41, 5.74) is 0. The van der Waals surface area contributed by atoms with E-state index < -0.39 is 0 Å². The average Bonchev–Trinajstić information content (AvgIpc) is 4.02. The third-order valence-electron chi connectivity index (χ3n) is 12.3. The zero-order valence-corrected chi connectivity index (χ0v) is 44.5. The molecule has 0 aromatic heterocycles. The molecule has 5 heteroatoms. The van der Waals surface area contributed by atoms with Gasteiger partial charge in [-0.05, 0) is 75.0 Å². The van der Waals surface area contributed by atoms with E-state index in [0.29, 0.717) is 6.10 Å². The van der Waals surface area contributed by atoms with E-state index in [2.05, 4.69) is 40.3 Å². The second-order valence-electron chi connectivity index (χ2n) is 18.0. The molecule has 1 heterocycles. The maximum absolute atomic E-state index is 5.50.